The van der Waals surface area contributed by atoms with Gasteiger partial charge in [-0.2, -0.15) is 0 Å². The molecule has 1 saturated carbocycles. The van der Waals surface area contributed by atoms with Crippen molar-refractivity contribution in [2.75, 3.05) is 11.9 Å². The minimum Gasteiger partial charge on any atom is -0.367 e. The standard InChI is InChI=1S/C14H23N3/c15-11-3-4-12-5-7-13(8-6-12)17-14(16)9-1-2-10-14/h5-8,17H,1-4,9-11,15-16H2. The number of aryl methyl sites for hydroxylation is 1. The molecule has 1 aliphatic carbocycles. The van der Waals surface area contributed by atoms with Gasteiger partial charge in [-0.05, 0) is 62.8 Å². The van der Waals surface area contributed by atoms with Gasteiger partial charge in [-0.15, -0.1) is 0 Å². The van der Waals surface area contributed by atoms with E-state index < -0.39 is 0 Å². The van der Waals surface area contributed by atoms with Crippen LogP contribution in [0.25, 0.3) is 0 Å². The summed E-state index contributed by atoms with van der Waals surface area (Å²) in [6, 6.07) is 8.57. The SMILES string of the molecule is NCCCc1ccc(NC2(N)CCCC2)cc1. The van der Waals surface area contributed by atoms with E-state index in [1.807, 2.05) is 0 Å². The van der Waals surface area contributed by atoms with Crippen molar-refractivity contribution in [2.45, 2.75) is 44.2 Å². The van der Waals surface area contributed by atoms with Crippen molar-refractivity contribution in [1.29, 1.82) is 0 Å². The molecule has 3 nitrogen and oxygen atoms in total. The third-order valence-electron chi connectivity index (χ3n) is 3.51. The Morgan fingerprint density at radius 3 is 2.35 bits per heavy atom. The van der Waals surface area contributed by atoms with Gasteiger partial charge in [0.15, 0.2) is 0 Å². The van der Waals surface area contributed by atoms with Crippen LogP contribution >= 0.6 is 0 Å². The van der Waals surface area contributed by atoms with Gasteiger partial charge >= 0.3 is 0 Å². The lowest BCUT2D eigenvalue weighted by Gasteiger charge is -2.26. The zero-order valence-corrected chi connectivity index (χ0v) is 10.4. The topological polar surface area (TPSA) is 64.1 Å². The molecule has 0 spiro atoms. The zero-order chi connectivity index (χ0) is 12.1. The molecule has 0 heterocycles. The van der Waals surface area contributed by atoms with E-state index in [0.29, 0.717) is 0 Å². The molecule has 1 fully saturated rings. The summed E-state index contributed by atoms with van der Waals surface area (Å²) in [4.78, 5) is 0. The molecule has 0 radical (unpaired) electrons. The molecule has 0 aromatic heterocycles. The molecule has 2 rings (SSSR count). The van der Waals surface area contributed by atoms with Gasteiger partial charge in [-0.1, -0.05) is 12.1 Å². The van der Waals surface area contributed by atoms with Gasteiger partial charge in [0.25, 0.3) is 0 Å². The number of nitrogens with two attached hydrogens (primary N) is 2. The Labute approximate surface area is 104 Å². The average Bonchev–Trinajstić information content (AvgIpc) is 2.75. The summed E-state index contributed by atoms with van der Waals surface area (Å²) in [5.41, 5.74) is 14.1. The van der Waals surface area contributed by atoms with Gasteiger partial charge in [0, 0.05) is 5.69 Å². The lowest BCUT2D eigenvalue weighted by atomic mass is 10.1. The van der Waals surface area contributed by atoms with Gasteiger partial charge in [0.1, 0.15) is 0 Å². The Hall–Kier alpha value is -1.06. The molecule has 1 aromatic rings. The average molecular weight is 233 g/mol. The van der Waals surface area contributed by atoms with Crippen molar-refractivity contribution in [3.63, 3.8) is 0 Å². The second-order valence-electron chi connectivity index (χ2n) is 5.08. The quantitative estimate of drug-likeness (QED) is 0.683. The van der Waals surface area contributed by atoms with Crippen LogP contribution in [0.4, 0.5) is 5.69 Å². The highest BCUT2D eigenvalue weighted by Gasteiger charge is 2.28. The van der Waals surface area contributed by atoms with Crippen molar-refractivity contribution in [3.8, 4) is 0 Å². The molecule has 0 unspecified atom stereocenters. The van der Waals surface area contributed by atoms with Gasteiger partial charge in [-0.3, -0.25) is 0 Å². The van der Waals surface area contributed by atoms with Crippen molar-refractivity contribution in [2.24, 2.45) is 11.5 Å². The first-order chi connectivity index (χ1) is 8.22. The lowest BCUT2D eigenvalue weighted by molar-refractivity contribution is 0.504. The maximum Gasteiger partial charge on any atom is 0.0856 e. The molecule has 5 N–H and O–H groups in total. The molecular formula is C14H23N3. The molecule has 1 aromatic carbocycles. The predicted octanol–water partition coefficient (Wildman–Crippen LogP) is 2.22. The Morgan fingerprint density at radius 1 is 1.12 bits per heavy atom. The van der Waals surface area contributed by atoms with Crippen LogP contribution in [0.2, 0.25) is 0 Å². The van der Waals surface area contributed by atoms with Crippen LogP contribution in [0.15, 0.2) is 24.3 Å². The summed E-state index contributed by atoms with van der Waals surface area (Å²) in [6.07, 6.45) is 6.72. The normalized spacial score (nSPS) is 18.2. The fourth-order valence-corrected chi connectivity index (χ4v) is 2.48. The number of hydrogen-bond donors (Lipinski definition) is 3. The largest absolute Gasteiger partial charge is 0.367 e. The highest BCUT2D eigenvalue weighted by Crippen LogP contribution is 2.28. The highest BCUT2D eigenvalue weighted by atomic mass is 15.1. The predicted molar refractivity (Wildman–Crippen MR) is 72.8 cm³/mol. The highest BCUT2D eigenvalue weighted by molar-refractivity contribution is 5.46. The smallest absolute Gasteiger partial charge is 0.0856 e. The minimum absolute atomic E-state index is 0.182. The molecule has 0 atom stereocenters. The monoisotopic (exact) mass is 233 g/mol. The van der Waals surface area contributed by atoms with E-state index in [2.05, 4.69) is 29.6 Å². The maximum atomic E-state index is 6.28. The Morgan fingerprint density at radius 2 is 1.76 bits per heavy atom. The number of hydrogen-bond acceptors (Lipinski definition) is 3. The fraction of sp³-hybridized carbons (Fsp3) is 0.571. The van der Waals surface area contributed by atoms with E-state index in [4.69, 9.17) is 11.5 Å². The van der Waals surface area contributed by atoms with Crippen LogP contribution in [-0.2, 0) is 6.42 Å². The van der Waals surface area contributed by atoms with Crippen molar-refractivity contribution < 1.29 is 0 Å². The first kappa shape index (κ1) is 12.4. The Balaban J connectivity index is 1.93. The molecule has 0 amide bonds. The molecule has 94 valence electrons. The molecule has 0 aliphatic heterocycles. The van der Waals surface area contributed by atoms with Crippen LogP contribution < -0.4 is 16.8 Å². The summed E-state index contributed by atoms with van der Waals surface area (Å²) in [5, 5.41) is 3.45. The van der Waals surface area contributed by atoms with Crippen molar-refractivity contribution in [1.82, 2.24) is 0 Å². The van der Waals surface area contributed by atoms with Gasteiger partial charge in [0.2, 0.25) is 0 Å². The van der Waals surface area contributed by atoms with Crippen LogP contribution in [-0.4, -0.2) is 12.2 Å². The minimum atomic E-state index is -0.182. The van der Waals surface area contributed by atoms with E-state index in [1.165, 1.54) is 18.4 Å². The van der Waals surface area contributed by atoms with E-state index in [1.54, 1.807) is 0 Å². The van der Waals surface area contributed by atoms with Crippen LogP contribution in [0.3, 0.4) is 0 Å². The molecule has 3 heteroatoms. The number of benzene rings is 1. The number of nitrogens with one attached hydrogen (secondary N) is 1. The molecule has 17 heavy (non-hydrogen) atoms. The third kappa shape index (κ3) is 3.45. The summed E-state index contributed by atoms with van der Waals surface area (Å²) in [7, 11) is 0. The zero-order valence-electron chi connectivity index (χ0n) is 10.4. The van der Waals surface area contributed by atoms with E-state index >= 15 is 0 Å². The number of anilines is 1. The first-order valence-electron chi connectivity index (χ1n) is 6.58. The summed E-state index contributed by atoms with van der Waals surface area (Å²) in [6.45, 7) is 0.756. The molecular weight excluding hydrogens is 210 g/mol. The first-order valence-corrected chi connectivity index (χ1v) is 6.58. The van der Waals surface area contributed by atoms with Crippen LogP contribution in [0.1, 0.15) is 37.7 Å². The molecule has 0 bridgehead atoms. The maximum absolute atomic E-state index is 6.28. The van der Waals surface area contributed by atoms with Crippen LogP contribution in [0, 0.1) is 0 Å². The van der Waals surface area contributed by atoms with E-state index in [0.717, 1.165) is 37.9 Å². The van der Waals surface area contributed by atoms with Gasteiger partial charge in [0.05, 0.1) is 5.66 Å². The third-order valence-corrected chi connectivity index (χ3v) is 3.51. The Bertz CT molecular complexity index is 339. The second-order valence-corrected chi connectivity index (χ2v) is 5.08. The molecule has 1 aliphatic rings. The lowest BCUT2D eigenvalue weighted by Crippen LogP contribution is -2.44. The Kier molecular flexibility index (Phi) is 4.02. The summed E-state index contributed by atoms with van der Waals surface area (Å²) in [5.74, 6) is 0. The van der Waals surface area contributed by atoms with Crippen molar-refractivity contribution >= 4 is 5.69 Å². The summed E-state index contributed by atoms with van der Waals surface area (Å²) < 4.78 is 0. The summed E-state index contributed by atoms with van der Waals surface area (Å²) >= 11 is 0. The molecule has 0 saturated heterocycles. The van der Waals surface area contributed by atoms with E-state index in [-0.39, 0.29) is 5.66 Å². The van der Waals surface area contributed by atoms with Crippen molar-refractivity contribution in [3.05, 3.63) is 29.8 Å². The van der Waals surface area contributed by atoms with Gasteiger partial charge < -0.3 is 16.8 Å². The fourth-order valence-electron chi connectivity index (χ4n) is 2.48. The number of rotatable bonds is 5. The van der Waals surface area contributed by atoms with E-state index in [9.17, 15) is 0 Å². The second kappa shape index (κ2) is 5.52. The van der Waals surface area contributed by atoms with Gasteiger partial charge in [-0.25, -0.2) is 0 Å². The van der Waals surface area contributed by atoms with Crippen LogP contribution in [0.5, 0.6) is 0 Å².